The van der Waals surface area contributed by atoms with E-state index in [0.717, 1.165) is 65.8 Å². The van der Waals surface area contributed by atoms with E-state index in [2.05, 4.69) is 9.97 Å². The van der Waals surface area contributed by atoms with Crippen molar-refractivity contribution in [2.24, 2.45) is 33.5 Å². The van der Waals surface area contributed by atoms with E-state index in [1.807, 2.05) is 97.8 Å². The number of nitrogens with zero attached hydrogens (tertiary/aromatic N) is 4. The minimum atomic E-state index is -4.08. The Morgan fingerprint density at radius 1 is 0.570 bits per heavy atom. The molecule has 0 saturated heterocycles. The van der Waals surface area contributed by atoms with Crippen LogP contribution in [0.2, 0.25) is 20.1 Å². The van der Waals surface area contributed by atoms with Gasteiger partial charge in [0.1, 0.15) is 34.7 Å². The third kappa shape index (κ3) is 10.4. The van der Waals surface area contributed by atoms with Crippen LogP contribution < -0.4 is 9.47 Å². The Kier molecular flexibility index (Phi) is 14.9. The highest BCUT2D eigenvalue weighted by Crippen LogP contribution is 2.65. The molecule has 8 aliphatic rings. The quantitative estimate of drug-likeness (QED) is 0.137. The molecule has 86 heavy (non-hydrogen) atoms. The molecule has 0 radical (unpaired) electrons. The van der Waals surface area contributed by atoms with Gasteiger partial charge >= 0.3 is 0 Å². The Balaban J connectivity index is 0.000000111. The summed E-state index contributed by atoms with van der Waals surface area (Å²) in [5.74, 6) is 1.02. The predicted molar refractivity (Wildman–Crippen MR) is 330 cm³/mol. The number of carbonyl (C=O) groups is 2. The van der Waals surface area contributed by atoms with Gasteiger partial charge in [0.05, 0.1) is 75.7 Å². The lowest BCUT2D eigenvalue weighted by molar-refractivity contribution is -0.128. The van der Waals surface area contributed by atoms with Gasteiger partial charge in [0.15, 0.2) is 0 Å². The van der Waals surface area contributed by atoms with E-state index in [9.17, 15) is 35.2 Å². The molecule has 24 heteroatoms. The number of benzene rings is 4. The molecule has 2 N–H and O–H groups in total. The average molecular weight is 1330 g/mol. The topological polar surface area (TPSA) is 197 Å². The first kappa shape index (κ1) is 59.9. The Morgan fingerprint density at radius 2 is 0.953 bits per heavy atom. The van der Waals surface area contributed by atoms with Crippen molar-refractivity contribution < 1.29 is 53.8 Å². The first-order valence-electron chi connectivity index (χ1n) is 28.4. The number of fused-ring (bicyclic) bond motifs is 14. The second-order valence-electron chi connectivity index (χ2n) is 25.2. The number of thiazole rings is 2. The van der Waals surface area contributed by atoms with Crippen molar-refractivity contribution in [3.8, 4) is 34.0 Å². The highest BCUT2D eigenvalue weighted by Gasteiger charge is 2.66. The van der Waals surface area contributed by atoms with Crippen molar-refractivity contribution in [3.05, 3.63) is 137 Å². The van der Waals surface area contributed by atoms with Gasteiger partial charge in [-0.25, -0.2) is 18.7 Å². The lowest BCUT2D eigenvalue weighted by atomic mass is 9.70. The maximum Gasteiger partial charge on any atom is 0.265 e. The molecule has 4 aromatic carbocycles. The molecule has 8 aromatic rings. The summed E-state index contributed by atoms with van der Waals surface area (Å²) in [6, 6.07) is 21.2. The fourth-order valence-electron chi connectivity index (χ4n) is 14.5. The molecule has 6 atom stereocenters. The number of ketones is 2. The van der Waals surface area contributed by atoms with Crippen molar-refractivity contribution in [2.75, 3.05) is 11.5 Å². The van der Waals surface area contributed by atoms with Crippen LogP contribution in [0.25, 0.3) is 44.3 Å². The minimum absolute atomic E-state index is 0.0152. The number of Topliss-reactive ketones (excluding diaryl/α,β-unsaturated/α-hetero) is 2. The summed E-state index contributed by atoms with van der Waals surface area (Å²) in [4.78, 5) is 34.9. The molecule has 0 amide bonds. The van der Waals surface area contributed by atoms with Gasteiger partial charge in [-0.1, -0.05) is 74.1 Å². The molecule has 4 bridgehead atoms. The minimum Gasteiger partial charge on any atom is -0.464 e. The third-order valence-electron chi connectivity index (χ3n) is 19.7. The first-order chi connectivity index (χ1) is 40.5. The van der Waals surface area contributed by atoms with Gasteiger partial charge in [-0.05, 0) is 147 Å². The van der Waals surface area contributed by atoms with Crippen LogP contribution in [0.4, 0.5) is 8.78 Å². The lowest BCUT2D eigenvalue weighted by Crippen LogP contribution is -2.42. The van der Waals surface area contributed by atoms with Gasteiger partial charge in [0.25, 0.3) is 20.2 Å². The number of ether oxygens (including phenoxy) is 2. The van der Waals surface area contributed by atoms with E-state index in [1.54, 1.807) is 34.8 Å². The molecule has 6 saturated carbocycles. The molecule has 0 unspecified atom stereocenters. The highest BCUT2D eigenvalue weighted by molar-refractivity contribution is 7.86. The molecule has 6 fully saturated rings. The molecular weight excluding hydrogens is 1270 g/mol. The monoisotopic (exact) mass is 1320 g/mol. The standard InChI is InChI=1S/2C21H13Cl2FN2OS.2C10H16O4S/c2*22-12-3-4-15-11(5-12)6-16-19-14(24)7-13(23)8-17(19)27-21(26(15)16)18-9-25-20(28-18)10-1-2-10;2*1-9(2)7-3-4-10(9,8(11)5-7)6-15(12,13)14/h2*3-10,21H,1-2H2;2*7H,3-6H2,1-2H3,(H,12,13,14)/t2*21-;2*7-,10-/m0011/s1. The Labute approximate surface area is 523 Å². The van der Waals surface area contributed by atoms with E-state index in [0.29, 0.717) is 80.2 Å². The Morgan fingerprint density at radius 3 is 1.28 bits per heavy atom. The van der Waals surface area contributed by atoms with E-state index < -0.39 is 66.7 Å². The van der Waals surface area contributed by atoms with Crippen LogP contribution in [-0.4, -0.2) is 68.1 Å². The molecule has 2 aliphatic heterocycles. The molecular formula is C62H58Cl4F2N4O10S4. The van der Waals surface area contributed by atoms with Crippen LogP contribution in [0, 0.1) is 45.1 Å². The number of carbonyl (C=O) groups excluding carboxylic acids is 2. The van der Waals surface area contributed by atoms with Crippen LogP contribution in [0.3, 0.4) is 0 Å². The number of aromatic nitrogens is 4. The smallest absolute Gasteiger partial charge is 0.265 e. The van der Waals surface area contributed by atoms with Gasteiger partial charge in [0, 0.05) is 67.9 Å². The van der Waals surface area contributed by atoms with Gasteiger partial charge < -0.3 is 9.47 Å². The van der Waals surface area contributed by atoms with E-state index in [-0.39, 0.29) is 34.2 Å². The molecule has 16 rings (SSSR count). The number of halogens is 6. The van der Waals surface area contributed by atoms with Gasteiger partial charge in [-0.15, -0.1) is 22.7 Å². The normalized spacial score (nSPS) is 25.2. The summed E-state index contributed by atoms with van der Waals surface area (Å²) in [6.07, 6.45) is 11.6. The summed E-state index contributed by atoms with van der Waals surface area (Å²) in [6.45, 7) is 7.78. The predicted octanol–water partition coefficient (Wildman–Crippen LogP) is 16.6. The van der Waals surface area contributed by atoms with E-state index in [4.69, 9.17) is 65.0 Å². The van der Waals surface area contributed by atoms with Crippen LogP contribution in [-0.2, 0) is 29.8 Å². The van der Waals surface area contributed by atoms with Crippen LogP contribution in [0.5, 0.6) is 11.5 Å². The number of hydrogen-bond acceptors (Lipinski definition) is 12. The van der Waals surface area contributed by atoms with Gasteiger partial charge in [-0.3, -0.25) is 27.8 Å². The van der Waals surface area contributed by atoms with Crippen molar-refractivity contribution >= 4 is 123 Å². The Bertz CT molecular complexity index is 4110. The lowest BCUT2D eigenvalue weighted by Gasteiger charge is -2.35. The van der Waals surface area contributed by atoms with Crippen LogP contribution in [0.15, 0.2) is 85.2 Å². The fourth-order valence-corrected chi connectivity index (χ4v) is 20.1. The van der Waals surface area contributed by atoms with Gasteiger partial charge in [0.2, 0.25) is 12.5 Å². The van der Waals surface area contributed by atoms with E-state index in [1.165, 1.54) is 37.8 Å². The Hall–Kier alpha value is -5.00. The maximum absolute atomic E-state index is 14.9. The zero-order valence-electron chi connectivity index (χ0n) is 46.9. The summed E-state index contributed by atoms with van der Waals surface area (Å²) in [5.41, 5.74) is 1.96. The SMILES string of the molecule is CC1(C)[C@@H]2CC[C@@]1(CS(=O)(=O)O)C(=O)C2.CC1(C)[C@@H]2CC[C@@]1(CS(=O)(=O)O)C(=O)C2.Fc1cc(Cl)cc2c1-c1cc3cc(Cl)ccc3n1[C@H](c1cnc(C3CC3)s1)O2.Fc1cc(Cl)cc2c1-c1cc3cc(Cl)ccc3n1[C@H](c1cnc(C3CC3)s1)O2. The summed E-state index contributed by atoms with van der Waals surface area (Å²) in [7, 11) is -8.15. The first-order valence-corrected chi connectivity index (χ1v) is 34.7. The second kappa shape index (κ2) is 21.3. The summed E-state index contributed by atoms with van der Waals surface area (Å²) in [5, 5.41) is 6.05. The van der Waals surface area contributed by atoms with Crippen LogP contribution in [0.1, 0.15) is 136 Å². The fraction of sp³-hybridized carbons (Fsp3) is 0.419. The van der Waals surface area contributed by atoms with Crippen molar-refractivity contribution in [1.82, 2.24) is 19.1 Å². The van der Waals surface area contributed by atoms with Gasteiger partial charge in [-0.2, -0.15) is 16.8 Å². The second-order valence-corrected chi connectivity index (χ2v) is 32.0. The van der Waals surface area contributed by atoms with Crippen LogP contribution >= 0.6 is 69.1 Å². The largest absolute Gasteiger partial charge is 0.464 e. The molecule has 6 heterocycles. The molecule has 0 spiro atoms. The molecule has 6 aliphatic carbocycles. The van der Waals surface area contributed by atoms with Crippen molar-refractivity contribution in [1.29, 1.82) is 0 Å². The summed E-state index contributed by atoms with van der Waals surface area (Å²) < 4.78 is 108. The van der Waals surface area contributed by atoms with Crippen molar-refractivity contribution in [2.45, 2.75) is 116 Å². The molecule has 452 valence electrons. The number of hydrogen-bond donors (Lipinski definition) is 2. The zero-order valence-corrected chi connectivity index (χ0v) is 53.2. The number of rotatable bonds is 8. The highest BCUT2D eigenvalue weighted by atomic mass is 35.5. The maximum atomic E-state index is 14.9. The summed E-state index contributed by atoms with van der Waals surface area (Å²) >= 11 is 27.9. The third-order valence-corrected chi connectivity index (χ3v) is 24.7. The van der Waals surface area contributed by atoms with Crippen molar-refractivity contribution in [3.63, 3.8) is 0 Å². The average Bonchev–Trinajstić information content (AvgIpc) is 1.64. The zero-order chi connectivity index (χ0) is 60.9. The molecule has 14 nitrogen and oxygen atoms in total. The molecule has 4 aromatic heterocycles. The van der Waals surface area contributed by atoms with E-state index >= 15 is 0 Å².